The van der Waals surface area contributed by atoms with Gasteiger partial charge in [-0.25, -0.2) is 14.4 Å². The normalized spacial score (nSPS) is 11.0. The Hall–Kier alpha value is -2.15. The molecule has 3 aromatic rings. The van der Waals surface area contributed by atoms with E-state index in [1.165, 1.54) is 18.5 Å². The van der Waals surface area contributed by atoms with E-state index in [0.717, 1.165) is 33.9 Å². The second-order valence-corrected chi connectivity index (χ2v) is 5.28. The molecule has 7 heteroatoms. The first kappa shape index (κ1) is 13.8. The van der Waals surface area contributed by atoms with Crippen LogP contribution in [0.5, 0.6) is 0 Å². The summed E-state index contributed by atoms with van der Waals surface area (Å²) in [4.78, 5) is 8.44. The standard InChI is InChI=1S/C14H14FN5S/c1-21-14-11-12(17-8-18-13(11)19-20-14)16-7-6-9-2-4-10(15)5-3-9/h2-5,8H,6-7H2,1H3,(H2,16,17,18,19,20). The van der Waals surface area contributed by atoms with Crippen LogP contribution in [0.3, 0.4) is 0 Å². The Morgan fingerprint density at radius 3 is 2.81 bits per heavy atom. The molecule has 0 unspecified atom stereocenters. The number of aromatic nitrogens is 4. The zero-order valence-corrected chi connectivity index (χ0v) is 12.2. The summed E-state index contributed by atoms with van der Waals surface area (Å²) >= 11 is 1.55. The Balaban J connectivity index is 1.73. The quantitative estimate of drug-likeness (QED) is 0.709. The van der Waals surface area contributed by atoms with Gasteiger partial charge in [-0.3, -0.25) is 5.10 Å². The summed E-state index contributed by atoms with van der Waals surface area (Å²) < 4.78 is 12.9. The van der Waals surface area contributed by atoms with Crippen LogP contribution in [0.25, 0.3) is 11.0 Å². The number of aromatic amines is 1. The molecule has 2 heterocycles. The van der Waals surface area contributed by atoms with Gasteiger partial charge < -0.3 is 5.32 Å². The van der Waals surface area contributed by atoms with Crippen molar-refractivity contribution in [2.75, 3.05) is 18.1 Å². The zero-order chi connectivity index (χ0) is 14.7. The molecule has 0 spiro atoms. The summed E-state index contributed by atoms with van der Waals surface area (Å²) in [6.45, 7) is 0.705. The highest BCUT2D eigenvalue weighted by molar-refractivity contribution is 7.98. The van der Waals surface area contributed by atoms with Crippen molar-refractivity contribution in [2.24, 2.45) is 0 Å². The van der Waals surface area contributed by atoms with Crippen LogP contribution in [0.4, 0.5) is 10.2 Å². The maximum atomic E-state index is 12.9. The molecular formula is C14H14FN5S. The second-order valence-electron chi connectivity index (χ2n) is 4.48. The number of anilines is 1. The SMILES string of the molecule is CSc1n[nH]c2ncnc(NCCc3ccc(F)cc3)c12. The first-order valence-corrected chi connectivity index (χ1v) is 7.72. The molecule has 108 valence electrons. The number of fused-ring (bicyclic) bond motifs is 1. The summed E-state index contributed by atoms with van der Waals surface area (Å²) in [5, 5.41) is 12.2. The van der Waals surface area contributed by atoms with Gasteiger partial charge in [0.05, 0.1) is 5.39 Å². The summed E-state index contributed by atoms with van der Waals surface area (Å²) in [7, 11) is 0. The van der Waals surface area contributed by atoms with Crippen LogP contribution in [0.1, 0.15) is 5.56 Å². The molecule has 3 rings (SSSR count). The Kier molecular flexibility index (Phi) is 4.01. The highest BCUT2D eigenvalue weighted by atomic mass is 32.2. The van der Waals surface area contributed by atoms with Gasteiger partial charge in [0.1, 0.15) is 23.0 Å². The largest absolute Gasteiger partial charge is 0.369 e. The molecule has 0 saturated heterocycles. The Bertz CT molecular complexity index is 741. The Morgan fingerprint density at radius 2 is 2.05 bits per heavy atom. The summed E-state index contributed by atoms with van der Waals surface area (Å²) in [5.41, 5.74) is 1.80. The average molecular weight is 303 g/mol. The lowest BCUT2D eigenvalue weighted by Gasteiger charge is -2.07. The fourth-order valence-electron chi connectivity index (χ4n) is 2.09. The van der Waals surface area contributed by atoms with Crippen molar-refractivity contribution in [1.82, 2.24) is 20.2 Å². The van der Waals surface area contributed by atoms with E-state index in [9.17, 15) is 4.39 Å². The van der Waals surface area contributed by atoms with Crippen LogP contribution in [-0.4, -0.2) is 33.0 Å². The number of benzene rings is 1. The maximum absolute atomic E-state index is 12.9. The van der Waals surface area contributed by atoms with Gasteiger partial charge >= 0.3 is 0 Å². The Labute approximate surface area is 125 Å². The van der Waals surface area contributed by atoms with Crippen molar-refractivity contribution in [3.8, 4) is 0 Å². The summed E-state index contributed by atoms with van der Waals surface area (Å²) in [5.74, 6) is 0.549. The van der Waals surface area contributed by atoms with Gasteiger partial charge in [-0.1, -0.05) is 12.1 Å². The number of hydrogen-bond donors (Lipinski definition) is 2. The van der Waals surface area contributed by atoms with Crippen molar-refractivity contribution in [2.45, 2.75) is 11.4 Å². The number of hydrogen-bond acceptors (Lipinski definition) is 5. The predicted octanol–water partition coefficient (Wildman–Crippen LogP) is 2.87. The molecule has 0 aliphatic rings. The van der Waals surface area contributed by atoms with Crippen molar-refractivity contribution in [1.29, 1.82) is 0 Å². The number of halogens is 1. The molecule has 21 heavy (non-hydrogen) atoms. The lowest BCUT2D eigenvalue weighted by Crippen LogP contribution is -2.07. The molecule has 0 aliphatic carbocycles. The smallest absolute Gasteiger partial charge is 0.161 e. The van der Waals surface area contributed by atoms with Crippen LogP contribution in [-0.2, 0) is 6.42 Å². The van der Waals surface area contributed by atoms with Crippen molar-refractivity contribution in [3.05, 3.63) is 42.0 Å². The predicted molar refractivity (Wildman–Crippen MR) is 82.1 cm³/mol. The summed E-state index contributed by atoms with van der Waals surface area (Å²) in [6, 6.07) is 6.52. The third-order valence-corrected chi connectivity index (χ3v) is 3.82. The van der Waals surface area contributed by atoms with Crippen molar-refractivity contribution in [3.63, 3.8) is 0 Å². The fourth-order valence-corrected chi connectivity index (χ4v) is 2.63. The first-order valence-electron chi connectivity index (χ1n) is 6.49. The van der Waals surface area contributed by atoms with Crippen LogP contribution in [0.15, 0.2) is 35.6 Å². The minimum Gasteiger partial charge on any atom is -0.369 e. The summed E-state index contributed by atoms with van der Waals surface area (Å²) in [6.07, 6.45) is 4.26. The molecule has 0 bridgehead atoms. The van der Waals surface area contributed by atoms with E-state index in [-0.39, 0.29) is 5.82 Å². The number of nitrogens with one attached hydrogen (secondary N) is 2. The monoisotopic (exact) mass is 303 g/mol. The van der Waals surface area contributed by atoms with Crippen molar-refractivity contribution >= 4 is 28.6 Å². The third kappa shape index (κ3) is 2.97. The van der Waals surface area contributed by atoms with Crippen LogP contribution in [0.2, 0.25) is 0 Å². The topological polar surface area (TPSA) is 66.5 Å². The van der Waals surface area contributed by atoms with E-state index in [1.807, 2.05) is 6.26 Å². The van der Waals surface area contributed by atoms with Gasteiger partial charge in [-0.2, -0.15) is 5.10 Å². The number of nitrogens with zero attached hydrogens (tertiary/aromatic N) is 3. The van der Waals surface area contributed by atoms with E-state index in [1.54, 1.807) is 23.9 Å². The minimum atomic E-state index is -0.216. The van der Waals surface area contributed by atoms with Gasteiger partial charge in [0.25, 0.3) is 0 Å². The molecule has 5 nitrogen and oxygen atoms in total. The zero-order valence-electron chi connectivity index (χ0n) is 11.4. The van der Waals surface area contributed by atoms with Crippen molar-refractivity contribution < 1.29 is 4.39 Å². The van der Waals surface area contributed by atoms with Gasteiger partial charge in [-0.05, 0) is 30.4 Å². The first-order chi connectivity index (χ1) is 10.3. The third-order valence-electron chi connectivity index (χ3n) is 3.14. The van der Waals surface area contributed by atoms with Gasteiger partial charge in [0.15, 0.2) is 5.65 Å². The van der Waals surface area contributed by atoms with Gasteiger partial charge in [-0.15, -0.1) is 11.8 Å². The molecule has 0 fully saturated rings. The molecule has 0 saturated carbocycles. The number of rotatable bonds is 5. The minimum absolute atomic E-state index is 0.216. The van der Waals surface area contributed by atoms with Gasteiger partial charge in [0.2, 0.25) is 0 Å². The maximum Gasteiger partial charge on any atom is 0.161 e. The highest BCUT2D eigenvalue weighted by Gasteiger charge is 2.11. The molecule has 0 aliphatic heterocycles. The molecule has 2 N–H and O–H groups in total. The lowest BCUT2D eigenvalue weighted by molar-refractivity contribution is 0.627. The fraction of sp³-hybridized carbons (Fsp3) is 0.214. The van der Waals surface area contributed by atoms with Gasteiger partial charge in [0, 0.05) is 6.54 Å². The molecule has 2 aromatic heterocycles. The number of thioether (sulfide) groups is 1. The molecule has 0 atom stereocenters. The van der Waals surface area contributed by atoms with Crippen LogP contribution >= 0.6 is 11.8 Å². The number of H-pyrrole nitrogens is 1. The Morgan fingerprint density at radius 1 is 1.24 bits per heavy atom. The second kappa shape index (κ2) is 6.09. The van der Waals surface area contributed by atoms with E-state index in [0.29, 0.717) is 6.54 Å². The highest BCUT2D eigenvalue weighted by Crippen LogP contribution is 2.27. The lowest BCUT2D eigenvalue weighted by atomic mass is 10.1. The average Bonchev–Trinajstić information content (AvgIpc) is 2.93. The molecule has 0 amide bonds. The van der Waals surface area contributed by atoms with E-state index in [2.05, 4.69) is 25.5 Å². The van der Waals surface area contributed by atoms with E-state index < -0.39 is 0 Å². The van der Waals surface area contributed by atoms with E-state index in [4.69, 9.17) is 0 Å². The van der Waals surface area contributed by atoms with Crippen LogP contribution in [0, 0.1) is 5.82 Å². The van der Waals surface area contributed by atoms with Crippen LogP contribution < -0.4 is 5.32 Å². The molecule has 0 radical (unpaired) electrons. The molecular weight excluding hydrogens is 289 g/mol. The molecule has 1 aromatic carbocycles. The van der Waals surface area contributed by atoms with E-state index >= 15 is 0 Å².